The van der Waals surface area contributed by atoms with Crippen LogP contribution < -0.4 is 0 Å². The topological polar surface area (TPSA) is 32.7 Å². The SMILES string of the molecule is C[Si](C)(C)N(C1C(=O)C(c2ccccc2)=Nc2cc(C(F)(F)F)ccc21)[Si](C)(C)C. The molecule has 1 aliphatic heterocycles. The average Bonchev–Trinajstić information content (AvgIpc) is 2.61. The number of carbonyl (C=O) groups excluding carboxylic acids is 1. The minimum absolute atomic E-state index is 0.140. The highest BCUT2D eigenvalue weighted by atomic mass is 28.4. The van der Waals surface area contributed by atoms with E-state index in [1.807, 2.05) is 6.07 Å². The Morgan fingerprint density at radius 1 is 0.900 bits per heavy atom. The second-order valence-corrected chi connectivity index (χ2v) is 19.7. The van der Waals surface area contributed by atoms with Crippen molar-refractivity contribution in [2.75, 3.05) is 0 Å². The third kappa shape index (κ3) is 4.35. The largest absolute Gasteiger partial charge is 0.416 e. The lowest BCUT2D eigenvalue weighted by Crippen LogP contribution is -2.62. The Bertz CT molecular complexity index is 976. The van der Waals surface area contributed by atoms with Gasteiger partial charge in [0.25, 0.3) is 0 Å². The van der Waals surface area contributed by atoms with Crippen LogP contribution in [0.4, 0.5) is 18.9 Å². The normalized spacial score (nSPS) is 17.7. The van der Waals surface area contributed by atoms with E-state index in [1.54, 1.807) is 24.3 Å². The quantitative estimate of drug-likeness (QED) is 0.506. The Morgan fingerprint density at radius 2 is 1.47 bits per heavy atom. The molecule has 0 aliphatic carbocycles. The van der Waals surface area contributed by atoms with Crippen LogP contribution in [0, 0.1) is 0 Å². The molecule has 1 aliphatic rings. The van der Waals surface area contributed by atoms with Gasteiger partial charge < -0.3 is 4.23 Å². The zero-order chi connectivity index (χ0) is 22.5. The van der Waals surface area contributed by atoms with Crippen molar-refractivity contribution < 1.29 is 18.0 Å². The van der Waals surface area contributed by atoms with Gasteiger partial charge in [-0.15, -0.1) is 0 Å². The first kappa shape index (κ1) is 22.6. The van der Waals surface area contributed by atoms with Crippen molar-refractivity contribution in [3.8, 4) is 0 Å². The third-order valence-corrected chi connectivity index (χ3v) is 12.5. The highest BCUT2D eigenvalue weighted by molar-refractivity contribution is 6.90. The van der Waals surface area contributed by atoms with E-state index in [0.717, 1.165) is 12.1 Å². The number of hydrogen-bond donors (Lipinski definition) is 0. The molecule has 30 heavy (non-hydrogen) atoms. The fourth-order valence-corrected chi connectivity index (χ4v) is 14.4. The monoisotopic (exact) mass is 448 g/mol. The van der Waals surface area contributed by atoms with Gasteiger partial charge in [0.15, 0.2) is 0 Å². The predicted octanol–water partition coefficient (Wildman–Crippen LogP) is 6.42. The first-order valence-electron chi connectivity index (χ1n) is 9.90. The number of hydrogen-bond acceptors (Lipinski definition) is 3. The molecule has 0 radical (unpaired) electrons. The molecule has 1 unspecified atom stereocenters. The number of alkyl halides is 3. The lowest BCUT2D eigenvalue weighted by molar-refractivity contribution is -0.137. The minimum Gasteiger partial charge on any atom is -0.333 e. The molecule has 1 atom stereocenters. The number of rotatable bonds is 4. The first-order chi connectivity index (χ1) is 13.7. The van der Waals surface area contributed by atoms with E-state index in [9.17, 15) is 18.0 Å². The Labute approximate surface area is 177 Å². The summed E-state index contributed by atoms with van der Waals surface area (Å²) in [6.45, 7) is 13.1. The van der Waals surface area contributed by atoms with Crippen LogP contribution in [0.2, 0.25) is 39.3 Å². The molecule has 0 fully saturated rings. The maximum absolute atomic E-state index is 13.8. The van der Waals surface area contributed by atoms with Gasteiger partial charge in [0, 0.05) is 11.1 Å². The van der Waals surface area contributed by atoms with E-state index < -0.39 is 34.3 Å². The van der Waals surface area contributed by atoms with Gasteiger partial charge in [-0.05, 0) is 12.1 Å². The summed E-state index contributed by atoms with van der Waals surface area (Å²) in [5.74, 6) is -0.140. The van der Waals surface area contributed by atoms with Gasteiger partial charge in [-0.1, -0.05) is 75.7 Å². The number of aliphatic imine (C=N–C) groups is 1. The molecule has 0 bridgehead atoms. The Morgan fingerprint density at radius 3 is 1.97 bits per heavy atom. The molecule has 0 spiro atoms. The summed E-state index contributed by atoms with van der Waals surface area (Å²) >= 11 is 0. The zero-order valence-corrected chi connectivity index (χ0v) is 20.1. The van der Waals surface area contributed by atoms with E-state index in [1.165, 1.54) is 6.07 Å². The molecule has 0 amide bonds. The second kappa shape index (κ2) is 7.58. The number of nitrogens with zero attached hydrogens (tertiary/aromatic N) is 2. The van der Waals surface area contributed by atoms with Crippen LogP contribution in [0.3, 0.4) is 0 Å². The number of carbonyl (C=O) groups is 1. The molecule has 0 aromatic heterocycles. The second-order valence-electron chi connectivity index (χ2n) is 9.58. The Balaban J connectivity index is 2.29. The summed E-state index contributed by atoms with van der Waals surface area (Å²) in [7, 11) is -4.01. The zero-order valence-electron chi connectivity index (χ0n) is 18.1. The van der Waals surface area contributed by atoms with Crippen molar-refractivity contribution in [3.05, 3.63) is 65.2 Å². The predicted molar refractivity (Wildman–Crippen MR) is 120 cm³/mol. The molecule has 3 nitrogen and oxygen atoms in total. The minimum atomic E-state index is -4.47. The van der Waals surface area contributed by atoms with Crippen molar-refractivity contribution in [1.82, 2.24) is 4.23 Å². The van der Waals surface area contributed by atoms with Crippen LogP contribution in [0.25, 0.3) is 0 Å². The van der Waals surface area contributed by atoms with E-state index in [-0.39, 0.29) is 17.2 Å². The lowest BCUT2D eigenvalue weighted by atomic mass is 9.91. The molecule has 0 saturated carbocycles. The van der Waals surface area contributed by atoms with Crippen molar-refractivity contribution >= 4 is 33.7 Å². The van der Waals surface area contributed by atoms with E-state index >= 15 is 0 Å². The van der Waals surface area contributed by atoms with Gasteiger partial charge in [-0.25, -0.2) is 4.99 Å². The van der Waals surface area contributed by atoms with E-state index in [0.29, 0.717) is 11.1 Å². The van der Waals surface area contributed by atoms with Crippen LogP contribution in [0.1, 0.15) is 22.7 Å². The van der Waals surface area contributed by atoms with Crippen molar-refractivity contribution in [3.63, 3.8) is 0 Å². The van der Waals surface area contributed by atoms with Crippen LogP contribution in [-0.2, 0) is 11.0 Å². The molecule has 0 saturated heterocycles. The maximum atomic E-state index is 13.8. The summed E-state index contributed by atoms with van der Waals surface area (Å²) in [5.41, 5.74) is 0.904. The highest BCUT2D eigenvalue weighted by Gasteiger charge is 2.46. The molecule has 2 aromatic carbocycles. The van der Waals surface area contributed by atoms with E-state index in [4.69, 9.17) is 0 Å². The molecule has 160 valence electrons. The van der Waals surface area contributed by atoms with Gasteiger partial charge in [0.2, 0.25) is 5.78 Å². The molecule has 3 rings (SSSR count). The van der Waals surface area contributed by atoms with Gasteiger partial charge in [0.05, 0.1) is 17.3 Å². The van der Waals surface area contributed by atoms with Crippen LogP contribution in [0.5, 0.6) is 0 Å². The number of Topliss-reactive ketones (excluding diaryl/α,β-unsaturated/α-hetero) is 1. The summed E-state index contributed by atoms with van der Waals surface area (Å²) in [4.78, 5) is 18.2. The molecule has 2 aromatic rings. The van der Waals surface area contributed by atoms with Gasteiger partial charge in [-0.3, -0.25) is 4.79 Å². The molecular formula is C22H27F3N2OSi2. The molecule has 0 N–H and O–H groups in total. The van der Waals surface area contributed by atoms with Crippen LogP contribution >= 0.6 is 0 Å². The number of benzene rings is 2. The summed E-state index contributed by atoms with van der Waals surface area (Å²) < 4.78 is 42.5. The highest BCUT2D eigenvalue weighted by Crippen LogP contribution is 2.43. The molecule has 1 heterocycles. The standard InChI is InChI=1S/C22H27F3N2OSi2/c1-29(2,3)27(30(4,5)6)20-17-13-12-16(22(23,24)25)14-18(17)26-19(21(20)28)15-10-8-7-9-11-15/h7-14,20H,1-6H3. The van der Waals surface area contributed by atoms with Crippen LogP contribution in [-0.4, -0.2) is 32.2 Å². The van der Waals surface area contributed by atoms with Crippen LogP contribution in [0.15, 0.2) is 53.5 Å². The van der Waals surface area contributed by atoms with Crippen molar-refractivity contribution in [2.45, 2.75) is 51.5 Å². The molecular weight excluding hydrogens is 421 g/mol. The molecule has 8 heteroatoms. The maximum Gasteiger partial charge on any atom is 0.416 e. The van der Waals surface area contributed by atoms with E-state index in [2.05, 4.69) is 48.5 Å². The number of fused-ring (bicyclic) bond motifs is 1. The Kier molecular flexibility index (Phi) is 5.72. The van der Waals surface area contributed by atoms with Crippen molar-refractivity contribution in [2.24, 2.45) is 4.99 Å². The summed E-state index contributed by atoms with van der Waals surface area (Å²) in [6.07, 6.45) is -4.47. The first-order valence-corrected chi connectivity index (χ1v) is 16.8. The lowest BCUT2D eigenvalue weighted by Gasteiger charge is -2.49. The van der Waals surface area contributed by atoms with Gasteiger partial charge in [-0.2, -0.15) is 13.2 Å². The smallest absolute Gasteiger partial charge is 0.333 e. The third-order valence-electron chi connectivity index (χ3n) is 5.12. The fourth-order valence-electron chi connectivity index (χ4n) is 4.33. The van der Waals surface area contributed by atoms with Crippen molar-refractivity contribution in [1.29, 1.82) is 0 Å². The number of ketones is 1. The summed E-state index contributed by atoms with van der Waals surface area (Å²) in [5, 5.41) is 0. The average molecular weight is 449 g/mol. The fraction of sp³-hybridized carbons (Fsp3) is 0.364. The number of halogens is 3. The summed E-state index contributed by atoms with van der Waals surface area (Å²) in [6, 6.07) is 12.0. The van der Waals surface area contributed by atoms with Gasteiger partial charge in [0.1, 0.15) is 22.2 Å². The van der Waals surface area contributed by atoms with Gasteiger partial charge >= 0.3 is 6.18 Å². The Hall–Kier alpha value is -2.04.